The van der Waals surface area contributed by atoms with Crippen LogP contribution in [0.15, 0.2) is 36.5 Å². The van der Waals surface area contributed by atoms with Gasteiger partial charge in [0.25, 0.3) is 0 Å². The molecular weight excluding hydrogens is 294 g/mol. The average Bonchev–Trinajstić information content (AvgIpc) is 3.20. The number of hydrogen-bond acceptors (Lipinski definition) is 2. The second-order valence-corrected chi connectivity index (χ2v) is 6.89. The summed E-state index contributed by atoms with van der Waals surface area (Å²) in [6.45, 7) is 4.16. The van der Waals surface area contributed by atoms with Crippen LogP contribution >= 0.6 is 0 Å². The minimum absolute atomic E-state index is 0.467. The summed E-state index contributed by atoms with van der Waals surface area (Å²) in [7, 11) is 0. The Kier molecular flexibility index (Phi) is 3.61. The van der Waals surface area contributed by atoms with E-state index in [-0.39, 0.29) is 0 Å². The molecule has 3 nitrogen and oxygen atoms in total. The molecule has 3 aromatic rings. The zero-order valence-electron chi connectivity index (χ0n) is 14.2. The molecule has 0 spiro atoms. The Labute approximate surface area is 142 Å². The van der Waals surface area contributed by atoms with Crippen molar-refractivity contribution >= 4 is 11.0 Å². The van der Waals surface area contributed by atoms with Gasteiger partial charge in [-0.2, -0.15) is 5.26 Å². The summed E-state index contributed by atoms with van der Waals surface area (Å²) in [6, 6.07) is 13.6. The van der Waals surface area contributed by atoms with Gasteiger partial charge in [-0.25, -0.2) is 0 Å². The first-order valence-corrected chi connectivity index (χ1v) is 8.66. The van der Waals surface area contributed by atoms with Crippen molar-refractivity contribution in [2.45, 2.75) is 45.6 Å². The van der Waals surface area contributed by atoms with Crippen molar-refractivity contribution in [3.63, 3.8) is 0 Å². The summed E-state index contributed by atoms with van der Waals surface area (Å²) in [4.78, 5) is 4.60. The maximum absolute atomic E-state index is 9.85. The lowest BCUT2D eigenvalue weighted by atomic mass is 10.1. The highest BCUT2D eigenvalue weighted by Gasteiger charge is 2.26. The van der Waals surface area contributed by atoms with Gasteiger partial charge in [0, 0.05) is 12.2 Å². The highest BCUT2D eigenvalue weighted by molar-refractivity contribution is 5.92. The minimum atomic E-state index is 0.467. The van der Waals surface area contributed by atoms with Crippen molar-refractivity contribution in [1.82, 2.24) is 9.55 Å². The van der Waals surface area contributed by atoms with Crippen LogP contribution in [0.4, 0.5) is 0 Å². The number of hydrogen-bond donors (Lipinski definition) is 0. The Morgan fingerprint density at radius 3 is 2.46 bits per heavy atom. The molecule has 0 radical (unpaired) electrons. The van der Waals surface area contributed by atoms with Gasteiger partial charge < -0.3 is 4.57 Å². The van der Waals surface area contributed by atoms with Crippen molar-refractivity contribution in [2.75, 3.05) is 0 Å². The Balaban J connectivity index is 2.07. The van der Waals surface area contributed by atoms with Crippen molar-refractivity contribution in [3.8, 4) is 17.3 Å². The molecule has 1 saturated carbocycles. The van der Waals surface area contributed by atoms with Gasteiger partial charge in [0.2, 0.25) is 0 Å². The lowest BCUT2D eigenvalue weighted by Crippen LogP contribution is -2.06. The molecule has 1 aliphatic carbocycles. The molecule has 1 fully saturated rings. The van der Waals surface area contributed by atoms with Gasteiger partial charge in [0.05, 0.1) is 11.2 Å². The highest BCUT2D eigenvalue weighted by atomic mass is 15.0. The largest absolute Gasteiger partial charge is 0.335 e. The molecule has 1 aromatic carbocycles. The fourth-order valence-corrected chi connectivity index (χ4v) is 3.93. The van der Waals surface area contributed by atoms with Crippen molar-refractivity contribution in [3.05, 3.63) is 53.2 Å². The van der Waals surface area contributed by atoms with Crippen LogP contribution in [0, 0.1) is 25.2 Å². The van der Waals surface area contributed by atoms with Crippen LogP contribution in [-0.4, -0.2) is 9.55 Å². The predicted octanol–water partition coefficient (Wildman–Crippen LogP) is 5.31. The summed E-state index contributed by atoms with van der Waals surface area (Å²) in [5, 5.41) is 9.85. The zero-order chi connectivity index (χ0) is 16.7. The number of rotatable bonds is 2. The Bertz CT molecular complexity index is 936. The lowest BCUT2D eigenvalue weighted by Gasteiger charge is -2.18. The third kappa shape index (κ3) is 2.30. The van der Waals surface area contributed by atoms with E-state index in [1.165, 1.54) is 31.2 Å². The smallest absolute Gasteiger partial charge is 0.107 e. The topological polar surface area (TPSA) is 41.6 Å². The molecule has 1 aliphatic rings. The van der Waals surface area contributed by atoms with Gasteiger partial charge in [0.1, 0.15) is 17.1 Å². The Morgan fingerprint density at radius 2 is 1.79 bits per heavy atom. The summed E-state index contributed by atoms with van der Waals surface area (Å²) in [6.07, 6.45) is 6.75. The van der Waals surface area contributed by atoms with E-state index < -0.39 is 0 Å². The number of pyridine rings is 1. The van der Waals surface area contributed by atoms with Crippen LogP contribution in [0.25, 0.3) is 22.3 Å². The Morgan fingerprint density at radius 1 is 1.08 bits per heavy atom. The molecule has 0 amide bonds. The van der Waals surface area contributed by atoms with Crippen LogP contribution in [0.2, 0.25) is 0 Å². The highest BCUT2D eigenvalue weighted by Crippen LogP contribution is 2.40. The van der Waals surface area contributed by atoms with E-state index in [4.69, 9.17) is 0 Å². The number of fused-ring (bicyclic) bond motifs is 1. The summed E-state index contributed by atoms with van der Waals surface area (Å²) < 4.78 is 2.39. The van der Waals surface area contributed by atoms with Crippen LogP contribution in [0.1, 0.15) is 48.4 Å². The van der Waals surface area contributed by atoms with E-state index in [0.29, 0.717) is 11.6 Å². The van der Waals surface area contributed by atoms with Crippen molar-refractivity contribution in [1.29, 1.82) is 5.26 Å². The Hall–Kier alpha value is -2.60. The quantitative estimate of drug-likeness (QED) is 0.643. The van der Waals surface area contributed by atoms with E-state index in [1.54, 1.807) is 0 Å². The van der Waals surface area contributed by atoms with Crippen molar-refractivity contribution < 1.29 is 0 Å². The second-order valence-electron chi connectivity index (χ2n) is 6.89. The standard InChI is InChI=1S/C21H21N3/c1-14-7-9-16(10-8-14)21-18(12-22)20-19(11-15(2)13-23-20)24(21)17-5-3-4-6-17/h7-11,13,17H,3-6H2,1-2H3. The number of benzene rings is 1. The molecule has 120 valence electrons. The minimum Gasteiger partial charge on any atom is -0.335 e. The van der Waals surface area contributed by atoms with Crippen LogP contribution in [0.5, 0.6) is 0 Å². The number of nitrogens with zero attached hydrogens (tertiary/aromatic N) is 3. The maximum Gasteiger partial charge on any atom is 0.107 e. The molecule has 2 heterocycles. The first-order chi connectivity index (χ1) is 11.7. The number of nitriles is 1. The van der Waals surface area contributed by atoms with E-state index in [2.05, 4.69) is 59.8 Å². The fourth-order valence-electron chi connectivity index (χ4n) is 3.93. The monoisotopic (exact) mass is 315 g/mol. The van der Waals surface area contributed by atoms with Gasteiger partial charge >= 0.3 is 0 Å². The van der Waals surface area contributed by atoms with E-state index in [1.807, 2.05) is 6.20 Å². The average molecular weight is 315 g/mol. The number of aromatic nitrogens is 2. The predicted molar refractivity (Wildman–Crippen MR) is 96.9 cm³/mol. The molecular formula is C21H21N3. The third-order valence-corrected chi connectivity index (χ3v) is 5.10. The van der Waals surface area contributed by atoms with Crippen molar-refractivity contribution in [2.24, 2.45) is 0 Å². The molecule has 0 N–H and O–H groups in total. The molecule has 2 aromatic heterocycles. The first-order valence-electron chi connectivity index (χ1n) is 8.66. The summed E-state index contributed by atoms with van der Waals surface area (Å²) >= 11 is 0. The van der Waals surface area contributed by atoms with Gasteiger partial charge in [-0.1, -0.05) is 42.7 Å². The normalized spacial score (nSPS) is 15.0. The summed E-state index contributed by atoms with van der Waals surface area (Å²) in [5.74, 6) is 0. The SMILES string of the molecule is Cc1ccc(-c2c(C#N)c3ncc(C)cc3n2C2CCCC2)cc1. The molecule has 0 bridgehead atoms. The number of aryl methyl sites for hydroxylation is 2. The molecule has 0 unspecified atom stereocenters. The molecule has 0 atom stereocenters. The molecule has 0 saturated heterocycles. The van der Waals surface area contributed by atoms with Gasteiger partial charge in [-0.05, 0) is 43.9 Å². The maximum atomic E-state index is 9.85. The molecule has 0 aliphatic heterocycles. The lowest BCUT2D eigenvalue weighted by molar-refractivity contribution is 0.540. The van der Waals surface area contributed by atoms with Gasteiger partial charge in [-0.3, -0.25) is 4.98 Å². The van der Waals surface area contributed by atoms with Crippen LogP contribution in [0.3, 0.4) is 0 Å². The zero-order valence-corrected chi connectivity index (χ0v) is 14.2. The summed E-state index contributed by atoms with van der Waals surface area (Å²) in [5.41, 5.74) is 7.17. The van der Waals surface area contributed by atoms with Crippen LogP contribution in [-0.2, 0) is 0 Å². The van der Waals surface area contributed by atoms with E-state index in [9.17, 15) is 5.26 Å². The van der Waals surface area contributed by atoms with E-state index >= 15 is 0 Å². The molecule has 4 rings (SSSR count). The fraction of sp³-hybridized carbons (Fsp3) is 0.333. The van der Waals surface area contributed by atoms with Crippen LogP contribution < -0.4 is 0 Å². The third-order valence-electron chi connectivity index (χ3n) is 5.10. The molecule has 24 heavy (non-hydrogen) atoms. The second kappa shape index (κ2) is 5.79. The van der Waals surface area contributed by atoms with E-state index in [0.717, 1.165) is 27.9 Å². The first kappa shape index (κ1) is 15.0. The van der Waals surface area contributed by atoms with Gasteiger partial charge in [-0.15, -0.1) is 0 Å². The molecule has 3 heteroatoms. The van der Waals surface area contributed by atoms with Gasteiger partial charge in [0.15, 0.2) is 0 Å².